The maximum absolute atomic E-state index is 6.01. The van der Waals surface area contributed by atoms with Crippen molar-refractivity contribution < 1.29 is 4.74 Å². The van der Waals surface area contributed by atoms with Gasteiger partial charge < -0.3 is 10.1 Å². The molecule has 0 saturated heterocycles. The van der Waals surface area contributed by atoms with E-state index in [2.05, 4.69) is 29.5 Å². The monoisotopic (exact) mass is 280 g/mol. The summed E-state index contributed by atoms with van der Waals surface area (Å²) in [6.07, 6.45) is 8.91. The minimum absolute atomic E-state index is 0.457. The number of nitrogens with one attached hydrogen (secondary N) is 1. The zero-order valence-electron chi connectivity index (χ0n) is 12.8. The first-order valence-corrected chi connectivity index (χ1v) is 8.03. The Labute approximate surface area is 122 Å². The zero-order valence-corrected chi connectivity index (χ0v) is 12.8. The van der Waals surface area contributed by atoms with Crippen LogP contribution in [0.3, 0.4) is 0 Å². The van der Waals surface area contributed by atoms with Crippen LogP contribution in [0.4, 0.5) is 0 Å². The molecule has 5 nitrogen and oxygen atoms in total. The molecule has 1 aliphatic rings. The fourth-order valence-corrected chi connectivity index (χ4v) is 2.86. The lowest BCUT2D eigenvalue weighted by Crippen LogP contribution is -2.24. The summed E-state index contributed by atoms with van der Waals surface area (Å²) >= 11 is 0. The molecule has 2 rings (SSSR count). The van der Waals surface area contributed by atoms with Crippen molar-refractivity contribution in [2.75, 3.05) is 13.2 Å². The maximum Gasteiger partial charge on any atom is 0.0964 e. The molecule has 1 fully saturated rings. The molecule has 114 valence electrons. The van der Waals surface area contributed by atoms with Gasteiger partial charge in [0.05, 0.1) is 24.9 Å². The van der Waals surface area contributed by atoms with E-state index in [1.165, 1.54) is 32.1 Å². The minimum Gasteiger partial charge on any atom is -0.376 e. The highest BCUT2D eigenvalue weighted by molar-refractivity contribution is 4.91. The van der Waals surface area contributed by atoms with Crippen LogP contribution < -0.4 is 5.32 Å². The molecule has 0 aliphatic heterocycles. The highest BCUT2D eigenvalue weighted by atomic mass is 16.5. The Morgan fingerprint density at radius 1 is 1.40 bits per heavy atom. The van der Waals surface area contributed by atoms with Crippen LogP contribution in [0.2, 0.25) is 0 Å². The van der Waals surface area contributed by atoms with Crippen LogP contribution in [-0.4, -0.2) is 34.2 Å². The first-order chi connectivity index (χ1) is 9.81. The zero-order chi connectivity index (χ0) is 14.2. The van der Waals surface area contributed by atoms with Crippen molar-refractivity contribution in [1.82, 2.24) is 20.3 Å². The van der Waals surface area contributed by atoms with E-state index in [0.717, 1.165) is 37.9 Å². The molecule has 0 aromatic carbocycles. The van der Waals surface area contributed by atoms with Gasteiger partial charge in [0.25, 0.3) is 0 Å². The van der Waals surface area contributed by atoms with Crippen LogP contribution >= 0.6 is 0 Å². The number of hydrogen-bond donors (Lipinski definition) is 1. The lowest BCUT2D eigenvalue weighted by Gasteiger charge is -2.28. The standard InChI is InChI=1S/C15H28N4O/c1-3-13-6-5-7-15(10-13)20-9-8-19-12-14(17-18-19)11-16-4-2/h12-13,15-16H,3-11H2,1-2H3. The number of nitrogens with zero attached hydrogens (tertiary/aromatic N) is 3. The molecule has 0 amide bonds. The normalized spacial score (nSPS) is 23.1. The second-order valence-corrected chi connectivity index (χ2v) is 5.69. The van der Waals surface area contributed by atoms with Crippen LogP contribution in [0.1, 0.15) is 51.6 Å². The third kappa shape index (κ3) is 4.87. The smallest absolute Gasteiger partial charge is 0.0964 e. The van der Waals surface area contributed by atoms with Gasteiger partial charge in [-0.1, -0.05) is 38.3 Å². The molecule has 0 bridgehead atoms. The van der Waals surface area contributed by atoms with Gasteiger partial charge in [-0.25, -0.2) is 4.68 Å². The molecule has 20 heavy (non-hydrogen) atoms. The molecule has 1 aromatic heterocycles. The maximum atomic E-state index is 6.01. The molecule has 1 aliphatic carbocycles. The van der Waals surface area contributed by atoms with Gasteiger partial charge in [-0.2, -0.15) is 0 Å². The summed E-state index contributed by atoms with van der Waals surface area (Å²) < 4.78 is 7.89. The average molecular weight is 280 g/mol. The predicted molar refractivity (Wildman–Crippen MR) is 79.4 cm³/mol. The summed E-state index contributed by atoms with van der Waals surface area (Å²) in [6.45, 7) is 7.66. The van der Waals surface area contributed by atoms with E-state index in [9.17, 15) is 0 Å². The molecule has 2 atom stereocenters. The Kier molecular flexibility index (Phi) is 6.47. The van der Waals surface area contributed by atoms with Gasteiger partial charge in [0, 0.05) is 12.7 Å². The molecule has 1 N–H and O–H groups in total. The third-order valence-corrected chi connectivity index (χ3v) is 4.13. The van der Waals surface area contributed by atoms with Crippen molar-refractivity contribution in [2.45, 2.75) is 65.1 Å². The van der Waals surface area contributed by atoms with Crippen molar-refractivity contribution >= 4 is 0 Å². The summed E-state index contributed by atoms with van der Waals surface area (Å²) in [5.74, 6) is 0.867. The molecular weight excluding hydrogens is 252 g/mol. The summed E-state index contributed by atoms with van der Waals surface area (Å²) in [4.78, 5) is 0. The van der Waals surface area contributed by atoms with E-state index in [4.69, 9.17) is 4.74 Å². The van der Waals surface area contributed by atoms with Gasteiger partial charge in [-0.05, 0) is 25.3 Å². The third-order valence-electron chi connectivity index (χ3n) is 4.13. The molecular formula is C15H28N4O. The van der Waals surface area contributed by atoms with Gasteiger partial charge in [-0.3, -0.25) is 0 Å². The Hall–Kier alpha value is -0.940. The highest BCUT2D eigenvalue weighted by Crippen LogP contribution is 2.28. The first-order valence-electron chi connectivity index (χ1n) is 8.03. The van der Waals surface area contributed by atoms with Crippen molar-refractivity contribution in [3.05, 3.63) is 11.9 Å². The quantitative estimate of drug-likeness (QED) is 0.794. The molecule has 1 heterocycles. The number of hydrogen-bond acceptors (Lipinski definition) is 4. The summed E-state index contributed by atoms with van der Waals surface area (Å²) in [5.41, 5.74) is 0.996. The van der Waals surface area contributed by atoms with E-state index in [-0.39, 0.29) is 0 Å². The Morgan fingerprint density at radius 2 is 2.30 bits per heavy atom. The van der Waals surface area contributed by atoms with Crippen molar-refractivity contribution in [3.63, 3.8) is 0 Å². The van der Waals surface area contributed by atoms with E-state index in [1.54, 1.807) is 0 Å². The molecule has 0 spiro atoms. The van der Waals surface area contributed by atoms with E-state index < -0.39 is 0 Å². The second kappa shape index (κ2) is 8.37. The van der Waals surface area contributed by atoms with Gasteiger partial charge in [0.15, 0.2) is 0 Å². The lowest BCUT2D eigenvalue weighted by molar-refractivity contribution is 0.00752. The number of ether oxygens (including phenoxy) is 1. The lowest BCUT2D eigenvalue weighted by atomic mass is 9.85. The minimum atomic E-state index is 0.457. The average Bonchev–Trinajstić information content (AvgIpc) is 2.93. The van der Waals surface area contributed by atoms with Gasteiger partial charge in [0.1, 0.15) is 0 Å². The highest BCUT2D eigenvalue weighted by Gasteiger charge is 2.20. The van der Waals surface area contributed by atoms with Crippen molar-refractivity contribution in [2.24, 2.45) is 5.92 Å². The molecule has 5 heteroatoms. The Morgan fingerprint density at radius 3 is 3.10 bits per heavy atom. The second-order valence-electron chi connectivity index (χ2n) is 5.69. The van der Waals surface area contributed by atoms with E-state index in [1.807, 2.05) is 10.9 Å². The molecule has 0 radical (unpaired) electrons. The van der Waals surface area contributed by atoms with Gasteiger partial charge in [0.2, 0.25) is 0 Å². The fraction of sp³-hybridized carbons (Fsp3) is 0.867. The van der Waals surface area contributed by atoms with Crippen molar-refractivity contribution in [3.8, 4) is 0 Å². The molecule has 1 aromatic rings. The van der Waals surface area contributed by atoms with Crippen LogP contribution in [0.25, 0.3) is 0 Å². The van der Waals surface area contributed by atoms with Crippen LogP contribution in [0.15, 0.2) is 6.20 Å². The SMILES string of the molecule is CCNCc1cn(CCOC2CCCC(CC)C2)nn1. The van der Waals surface area contributed by atoms with E-state index >= 15 is 0 Å². The van der Waals surface area contributed by atoms with Crippen LogP contribution in [-0.2, 0) is 17.8 Å². The predicted octanol–water partition coefficient (Wildman–Crippen LogP) is 2.37. The topological polar surface area (TPSA) is 52.0 Å². The Bertz CT molecular complexity index is 380. The first kappa shape index (κ1) is 15.4. The summed E-state index contributed by atoms with van der Waals surface area (Å²) in [6, 6.07) is 0. The van der Waals surface area contributed by atoms with E-state index in [0.29, 0.717) is 6.10 Å². The Balaban J connectivity index is 1.66. The molecule has 1 saturated carbocycles. The summed E-state index contributed by atoms with van der Waals surface area (Å²) in [7, 11) is 0. The number of aromatic nitrogens is 3. The van der Waals surface area contributed by atoms with Crippen LogP contribution in [0.5, 0.6) is 0 Å². The largest absolute Gasteiger partial charge is 0.376 e. The summed E-state index contributed by atoms with van der Waals surface area (Å²) in [5, 5.41) is 11.5. The van der Waals surface area contributed by atoms with Crippen molar-refractivity contribution in [1.29, 1.82) is 0 Å². The van der Waals surface area contributed by atoms with Crippen LogP contribution in [0, 0.1) is 5.92 Å². The van der Waals surface area contributed by atoms with Gasteiger partial charge in [-0.15, -0.1) is 5.10 Å². The fourth-order valence-electron chi connectivity index (χ4n) is 2.86. The number of rotatable bonds is 8. The van der Waals surface area contributed by atoms with Gasteiger partial charge >= 0.3 is 0 Å². The molecule has 2 unspecified atom stereocenters.